The topological polar surface area (TPSA) is 55.4 Å². The maximum atomic E-state index is 12.1. The molecule has 1 amide bonds. The van der Waals surface area contributed by atoms with Crippen LogP contribution < -0.4 is 5.32 Å². The lowest BCUT2D eigenvalue weighted by molar-refractivity contribution is -0.125. The lowest BCUT2D eigenvalue weighted by Gasteiger charge is -2.17. The normalized spacial score (nSPS) is 11.7. The van der Waals surface area contributed by atoms with E-state index in [1.54, 1.807) is 0 Å². The van der Waals surface area contributed by atoms with Crippen molar-refractivity contribution in [1.82, 2.24) is 5.32 Å². The lowest BCUT2D eigenvalue weighted by Crippen LogP contribution is -2.32. The Morgan fingerprint density at radius 3 is 2.36 bits per heavy atom. The minimum Gasteiger partial charge on any atom is -0.452 e. The zero-order valence-corrected chi connectivity index (χ0v) is 15.5. The first-order valence-electron chi connectivity index (χ1n) is 7.88. The van der Waals surface area contributed by atoms with Crippen molar-refractivity contribution in [3.05, 3.63) is 69.2 Å². The number of nitrogens with one attached hydrogen (secondary N) is 1. The first-order valence-corrected chi connectivity index (χ1v) is 8.64. The van der Waals surface area contributed by atoms with Gasteiger partial charge >= 0.3 is 5.97 Å². The molecule has 0 saturated heterocycles. The molecule has 0 spiro atoms. The van der Waals surface area contributed by atoms with Crippen LogP contribution >= 0.6 is 23.2 Å². The summed E-state index contributed by atoms with van der Waals surface area (Å²) in [5.41, 5.74) is 2.41. The van der Waals surface area contributed by atoms with Crippen LogP contribution in [0.15, 0.2) is 42.5 Å². The van der Waals surface area contributed by atoms with Gasteiger partial charge in [0.1, 0.15) is 0 Å². The average molecular weight is 380 g/mol. The van der Waals surface area contributed by atoms with E-state index < -0.39 is 5.97 Å². The molecule has 132 valence electrons. The molecule has 0 aliphatic carbocycles. The van der Waals surface area contributed by atoms with Crippen molar-refractivity contribution >= 4 is 35.1 Å². The largest absolute Gasteiger partial charge is 0.452 e. The van der Waals surface area contributed by atoms with Gasteiger partial charge in [0.25, 0.3) is 5.91 Å². The molecule has 2 aromatic rings. The quantitative estimate of drug-likeness (QED) is 0.738. The van der Waals surface area contributed by atoms with Crippen molar-refractivity contribution < 1.29 is 14.3 Å². The number of hydrogen-bond donors (Lipinski definition) is 1. The number of carbonyl (C=O) groups excluding carboxylic acids is 2. The Kier molecular flexibility index (Phi) is 6.85. The van der Waals surface area contributed by atoms with E-state index in [1.807, 2.05) is 38.1 Å². The summed E-state index contributed by atoms with van der Waals surface area (Å²) in [7, 11) is 0. The molecule has 0 aromatic heterocycles. The molecule has 2 rings (SSSR count). The Hall–Kier alpha value is -2.04. The molecule has 2 aromatic carbocycles. The van der Waals surface area contributed by atoms with E-state index in [1.165, 1.54) is 18.2 Å². The number of hydrogen-bond acceptors (Lipinski definition) is 3. The number of benzene rings is 2. The van der Waals surface area contributed by atoms with Crippen LogP contribution in [0, 0.1) is 6.92 Å². The van der Waals surface area contributed by atoms with Gasteiger partial charge in [0, 0.05) is 0 Å². The van der Waals surface area contributed by atoms with Gasteiger partial charge in [0.2, 0.25) is 0 Å². The highest BCUT2D eigenvalue weighted by Gasteiger charge is 2.15. The van der Waals surface area contributed by atoms with Crippen LogP contribution in [0.2, 0.25) is 10.0 Å². The monoisotopic (exact) mass is 379 g/mol. The molecule has 0 bridgehead atoms. The number of halogens is 2. The highest BCUT2D eigenvalue weighted by atomic mass is 35.5. The number of rotatable bonds is 6. The molecule has 0 fully saturated rings. The summed E-state index contributed by atoms with van der Waals surface area (Å²) >= 11 is 11.7. The molecule has 25 heavy (non-hydrogen) atoms. The molecule has 0 radical (unpaired) electrons. The third kappa shape index (κ3) is 5.48. The van der Waals surface area contributed by atoms with E-state index >= 15 is 0 Å². The molecular formula is C19H19Cl2NO3. The first kappa shape index (κ1) is 19.3. The van der Waals surface area contributed by atoms with Crippen LogP contribution in [0.4, 0.5) is 0 Å². The summed E-state index contributed by atoms with van der Waals surface area (Å²) in [4.78, 5) is 24.0. The second-order valence-electron chi connectivity index (χ2n) is 5.64. The van der Waals surface area contributed by atoms with Crippen molar-refractivity contribution in [1.29, 1.82) is 0 Å². The van der Waals surface area contributed by atoms with Crippen molar-refractivity contribution in [2.24, 2.45) is 0 Å². The minimum atomic E-state index is -0.628. The number of aryl methyl sites for hydroxylation is 1. The van der Waals surface area contributed by atoms with Crippen LogP contribution in [0.25, 0.3) is 0 Å². The van der Waals surface area contributed by atoms with Crippen LogP contribution in [0.1, 0.15) is 40.9 Å². The van der Waals surface area contributed by atoms with E-state index in [4.69, 9.17) is 27.9 Å². The highest BCUT2D eigenvalue weighted by molar-refractivity contribution is 6.42. The molecule has 0 aliphatic rings. The minimum absolute atomic E-state index is 0.128. The van der Waals surface area contributed by atoms with Crippen LogP contribution in [0.3, 0.4) is 0 Å². The van der Waals surface area contributed by atoms with Gasteiger partial charge in [-0.3, -0.25) is 4.79 Å². The lowest BCUT2D eigenvalue weighted by atomic mass is 10.0. The molecule has 0 saturated carbocycles. The van der Waals surface area contributed by atoms with Gasteiger partial charge in [0.15, 0.2) is 6.61 Å². The predicted octanol–water partition coefficient (Wildman–Crippen LogP) is 4.73. The standard InChI is InChI=1S/C19H19Cl2NO3/c1-3-17(13-6-4-12(2)5-7-13)22-18(23)11-25-19(24)14-8-9-15(20)16(21)10-14/h4-10,17H,3,11H2,1-2H3,(H,22,23)/t17-/m1/s1. The third-order valence-electron chi connectivity index (χ3n) is 3.71. The summed E-state index contributed by atoms with van der Waals surface area (Å²) in [5, 5.41) is 3.47. The van der Waals surface area contributed by atoms with Gasteiger partial charge in [-0.05, 0) is 37.1 Å². The predicted molar refractivity (Wildman–Crippen MR) is 99.1 cm³/mol. The zero-order valence-electron chi connectivity index (χ0n) is 14.0. The Bertz CT molecular complexity index is 760. The van der Waals surface area contributed by atoms with E-state index in [2.05, 4.69) is 5.32 Å². The summed E-state index contributed by atoms with van der Waals surface area (Å²) in [6.45, 7) is 3.62. The number of esters is 1. The fraction of sp³-hybridized carbons (Fsp3) is 0.263. The first-order chi connectivity index (χ1) is 11.9. The highest BCUT2D eigenvalue weighted by Crippen LogP contribution is 2.23. The van der Waals surface area contributed by atoms with Crippen LogP contribution in [-0.2, 0) is 9.53 Å². The molecule has 4 nitrogen and oxygen atoms in total. The Labute approximate surface area is 157 Å². The van der Waals surface area contributed by atoms with Crippen molar-refractivity contribution in [2.45, 2.75) is 26.3 Å². The summed E-state index contributed by atoms with van der Waals surface area (Å²) in [5.74, 6) is -0.988. The van der Waals surface area contributed by atoms with Gasteiger partial charge in [-0.2, -0.15) is 0 Å². The maximum absolute atomic E-state index is 12.1. The Morgan fingerprint density at radius 1 is 1.08 bits per heavy atom. The van der Waals surface area contributed by atoms with Crippen molar-refractivity contribution in [3.63, 3.8) is 0 Å². The maximum Gasteiger partial charge on any atom is 0.338 e. The Balaban J connectivity index is 1.91. The molecule has 1 N–H and O–H groups in total. The van der Waals surface area contributed by atoms with Crippen LogP contribution in [-0.4, -0.2) is 18.5 Å². The number of ether oxygens (including phenoxy) is 1. The number of amides is 1. The molecule has 0 heterocycles. The smallest absolute Gasteiger partial charge is 0.338 e. The van der Waals surface area contributed by atoms with E-state index in [0.29, 0.717) is 5.02 Å². The summed E-state index contributed by atoms with van der Waals surface area (Å²) in [6, 6.07) is 12.2. The van der Waals surface area contributed by atoms with E-state index in [0.717, 1.165) is 17.5 Å². The SMILES string of the molecule is CC[C@@H](NC(=O)COC(=O)c1ccc(Cl)c(Cl)c1)c1ccc(C)cc1. The summed E-state index contributed by atoms with van der Waals surface area (Å²) in [6.07, 6.45) is 0.732. The van der Waals surface area contributed by atoms with Gasteiger partial charge in [-0.1, -0.05) is 60.0 Å². The van der Waals surface area contributed by atoms with Crippen LogP contribution in [0.5, 0.6) is 0 Å². The second kappa shape index (κ2) is 8.88. The molecule has 0 unspecified atom stereocenters. The fourth-order valence-electron chi connectivity index (χ4n) is 2.29. The fourth-order valence-corrected chi connectivity index (χ4v) is 2.59. The Morgan fingerprint density at radius 2 is 1.76 bits per heavy atom. The van der Waals surface area contributed by atoms with Crippen molar-refractivity contribution in [2.75, 3.05) is 6.61 Å². The van der Waals surface area contributed by atoms with Gasteiger partial charge in [-0.15, -0.1) is 0 Å². The van der Waals surface area contributed by atoms with E-state index in [-0.39, 0.29) is 29.1 Å². The molecular weight excluding hydrogens is 361 g/mol. The van der Waals surface area contributed by atoms with Gasteiger partial charge in [-0.25, -0.2) is 4.79 Å². The third-order valence-corrected chi connectivity index (χ3v) is 4.45. The second-order valence-corrected chi connectivity index (χ2v) is 6.46. The average Bonchev–Trinajstić information content (AvgIpc) is 2.60. The van der Waals surface area contributed by atoms with Crippen molar-refractivity contribution in [3.8, 4) is 0 Å². The molecule has 6 heteroatoms. The molecule has 1 atom stereocenters. The summed E-state index contributed by atoms with van der Waals surface area (Å²) < 4.78 is 5.03. The van der Waals surface area contributed by atoms with E-state index in [9.17, 15) is 9.59 Å². The molecule has 0 aliphatic heterocycles. The van der Waals surface area contributed by atoms with Gasteiger partial charge < -0.3 is 10.1 Å². The zero-order chi connectivity index (χ0) is 18.4. The van der Waals surface area contributed by atoms with Gasteiger partial charge in [0.05, 0.1) is 21.7 Å². The number of carbonyl (C=O) groups is 2.